The smallest absolute Gasteiger partial charge is 0.358 e. The maximum absolute atomic E-state index is 10.6. The van der Waals surface area contributed by atoms with E-state index in [1.54, 1.807) is 0 Å². The van der Waals surface area contributed by atoms with Crippen LogP contribution < -0.4 is 5.73 Å². The van der Waals surface area contributed by atoms with Crippen molar-refractivity contribution in [3.63, 3.8) is 0 Å². The highest BCUT2D eigenvalue weighted by Gasteiger charge is 2.33. The number of nitrogens with zero attached hydrogens (tertiary/aromatic N) is 1. The Morgan fingerprint density at radius 1 is 1.67 bits per heavy atom. The number of hydrogen-bond donors (Lipinski definition) is 2. The van der Waals surface area contributed by atoms with Gasteiger partial charge in [-0.2, -0.15) is 0 Å². The molecule has 1 aromatic heterocycles. The lowest BCUT2D eigenvalue weighted by Crippen LogP contribution is -2.01. The van der Waals surface area contributed by atoms with E-state index in [0.717, 1.165) is 12.8 Å². The number of aromatic nitrogens is 1. The normalized spacial score (nSPS) is 16.3. The van der Waals surface area contributed by atoms with Crippen LogP contribution in [0.2, 0.25) is 0 Å². The number of carboxylic acid groups (broad SMARTS) is 1. The van der Waals surface area contributed by atoms with E-state index in [4.69, 9.17) is 10.8 Å². The van der Waals surface area contributed by atoms with E-state index in [1.165, 1.54) is 0 Å². The number of hydrogen-bond acceptors (Lipinski definition) is 4. The van der Waals surface area contributed by atoms with Gasteiger partial charge in [0.1, 0.15) is 0 Å². The van der Waals surface area contributed by atoms with Crippen molar-refractivity contribution in [2.45, 2.75) is 18.8 Å². The van der Waals surface area contributed by atoms with Crippen LogP contribution in [0.3, 0.4) is 0 Å². The second-order valence-corrected chi connectivity index (χ2v) is 2.89. The highest BCUT2D eigenvalue weighted by molar-refractivity contribution is 5.88. The van der Waals surface area contributed by atoms with Crippen molar-refractivity contribution in [1.82, 2.24) is 5.16 Å². The van der Waals surface area contributed by atoms with Gasteiger partial charge in [-0.15, -0.1) is 0 Å². The molecule has 0 bridgehead atoms. The average Bonchev–Trinajstić information content (AvgIpc) is 2.75. The Bertz CT molecular complexity index is 327. The molecule has 3 N–H and O–H groups in total. The molecule has 0 radical (unpaired) electrons. The highest BCUT2D eigenvalue weighted by atomic mass is 16.5. The first kappa shape index (κ1) is 7.15. The number of aromatic carboxylic acids is 1. The van der Waals surface area contributed by atoms with Crippen molar-refractivity contribution in [2.75, 3.05) is 5.73 Å². The van der Waals surface area contributed by atoms with Gasteiger partial charge in [0.15, 0.2) is 5.69 Å². The van der Waals surface area contributed by atoms with Crippen LogP contribution in [-0.4, -0.2) is 16.2 Å². The summed E-state index contributed by atoms with van der Waals surface area (Å²) in [6.45, 7) is 0. The third-order valence-corrected chi connectivity index (χ3v) is 1.94. The molecule has 1 fully saturated rings. The summed E-state index contributed by atoms with van der Waals surface area (Å²) in [5.74, 6) is -0.672. The average molecular weight is 168 g/mol. The van der Waals surface area contributed by atoms with Gasteiger partial charge in [-0.3, -0.25) is 0 Å². The van der Waals surface area contributed by atoms with E-state index in [9.17, 15) is 4.79 Å². The molecule has 0 unspecified atom stereocenters. The first-order valence-corrected chi connectivity index (χ1v) is 3.68. The van der Waals surface area contributed by atoms with Gasteiger partial charge < -0.3 is 15.4 Å². The Kier molecular flexibility index (Phi) is 1.33. The minimum Gasteiger partial charge on any atom is -0.476 e. The van der Waals surface area contributed by atoms with Crippen LogP contribution in [0.4, 0.5) is 5.88 Å². The fraction of sp³-hybridized carbons (Fsp3) is 0.429. The molecule has 1 aromatic rings. The lowest BCUT2D eigenvalue weighted by molar-refractivity contribution is 0.0684. The predicted molar refractivity (Wildman–Crippen MR) is 39.8 cm³/mol. The highest BCUT2D eigenvalue weighted by Crippen LogP contribution is 2.44. The van der Waals surface area contributed by atoms with Gasteiger partial charge in [-0.1, -0.05) is 5.16 Å². The Morgan fingerprint density at radius 3 is 2.83 bits per heavy atom. The van der Waals surface area contributed by atoms with Crippen LogP contribution in [-0.2, 0) is 0 Å². The molecule has 1 aliphatic rings. The first-order chi connectivity index (χ1) is 5.70. The molecule has 0 aliphatic heterocycles. The predicted octanol–water partition coefficient (Wildman–Crippen LogP) is 0.832. The van der Waals surface area contributed by atoms with Crippen LogP contribution in [0.5, 0.6) is 0 Å². The third kappa shape index (κ3) is 0.939. The zero-order valence-corrected chi connectivity index (χ0v) is 6.28. The molecule has 0 amide bonds. The summed E-state index contributed by atoms with van der Waals surface area (Å²) in [5.41, 5.74) is 5.97. The lowest BCUT2D eigenvalue weighted by atomic mass is 10.1. The number of carboxylic acids is 1. The van der Waals surface area contributed by atoms with Gasteiger partial charge in [0.25, 0.3) is 0 Å². The van der Waals surface area contributed by atoms with Gasteiger partial charge in [0.05, 0.1) is 5.56 Å². The van der Waals surface area contributed by atoms with E-state index in [0.29, 0.717) is 5.56 Å². The third-order valence-electron chi connectivity index (χ3n) is 1.94. The summed E-state index contributed by atoms with van der Waals surface area (Å²) in [5, 5.41) is 12.1. The van der Waals surface area contributed by atoms with Crippen LogP contribution >= 0.6 is 0 Å². The van der Waals surface area contributed by atoms with E-state index >= 15 is 0 Å². The zero-order chi connectivity index (χ0) is 8.72. The van der Waals surface area contributed by atoms with Gasteiger partial charge in [-0.25, -0.2) is 4.79 Å². The van der Waals surface area contributed by atoms with Crippen molar-refractivity contribution in [3.8, 4) is 0 Å². The summed E-state index contributed by atoms with van der Waals surface area (Å²) in [6, 6.07) is 0. The molecular formula is C7H8N2O3. The molecular weight excluding hydrogens is 160 g/mol. The molecule has 5 nitrogen and oxygen atoms in total. The number of carbonyl (C=O) groups is 1. The second-order valence-electron chi connectivity index (χ2n) is 2.89. The van der Waals surface area contributed by atoms with Crippen LogP contribution in [0, 0.1) is 0 Å². The first-order valence-electron chi connectivity index (χ1n) is 3.68. The summed E-state index contributed by atoms with van der Waals surface area (Å²) < 4.78 is 4.61. The molecule has 2 rings (SSSR count). The van der Waals surface area contributed by atoms with Crippen molar-refractivity contribution in [1.29, 1.82) is 0 Å². The van der Waals surface area contributed by atoms with Crippen molar-refractivity contribution < 1.29 is 14.4 Å². The molecule has 1 heterocycles. The maximum Gasteiger partial charge on any atom is 0.358 e. The molecule has 0 saturated heterocycles. The number of rotatable bonds is 2. The molecule has 1 aliphatic carbocycles. The van der Waals surface area contributed by atoms with Crippen LogP contribution in [0.1, 0.15) is 34.8 Å². The molecule has 1 saturated carbocycles. The van der Waals surface area contributed by atoms with Crippen molar-refractivity contribution in [3.05, 3.63) is 11.3 Å². The summed E-state index contributed by atoms with van der Waals surface area (Å²) in [6.07, 6.45) is 1.96. The largest absolute Gasteiger partial charge is 0.476 e. The van der Waals surface area contributed by atoms with Crippen molar-refractivity contribution >= 4 is 11.9 Å². The van der Waals surface area contributed by atoms with Crippen LogP contribution in [0.15, 0.2) is 4.52 Å². The van der Waals surface area contributed by atoms with Gasteiger partial charge in [-0.05, 0) is 18.8 Å². The summed E-state index contributed by atoms with van der Waals surface area (Å²) >= 11 is 0. The lowest BCUT2D eigenvalue weighted by Gasteiger charge is -1.92. The van der Waals surface area contributed by atoms with Gasteiger partial charge >= 0.3 is 5.97 Å². The number of nitrogen functional groups attached to an aromatic ring is 1. The maximum atomic E-state index is 10.6. The summed E-state index contributed by atoms with van der Waals surface area (Å²) in [7, 11) is 0. The Labute approximate surface area is 68.1 Å². The Balaban J connectivity index is 2.46. The SMILES string of the molecule is Nc1onc(C(=O)O)c1C1CC1. The van der Waals surface area contributed by atoms with Gasteiger partial charge in [0, 0.05) is 0 Å². The topological polar surface area (TPSA) is 89.4 Å². The zero-order valence-electron chi connectivity index (χ0n) is 6.28. The van der Waals surface area contributed by atoms with E-state index in [1.807, 2.05) is 0 Å². The Morgan fingerprint density at radius 2 is 2.33 bits per heavy atom. The molecule has 5 heteroatoms. The second kappa shape index (κ2) is 2.23. The Hall–Kier alpha value is -1.52. The molecule has 0 spiro atoms. The molecule has 0 aromatic carbocycles. The standard InChI is InChI=1S/C7H8N2O3/c8-6-4(3-1-2-3)5(7(10)11)9-12-6/h3H,1-2,8H2,(H,10,11). The minimum absolute atomic E-state index is 0.0324. The van der Waals surface area contributed by atoms with E-state index in [2.05, 4.69) is 9.68 Å². The molecule has 0 atom stereocenters. The van der Waals surface area contributed by atoms with E-state index < -0.39 is 5.97 Å². The fourth-order valence-corrected chi connectivity index (χ4v) is 1.23. The fourth-order valence-electron chi connectivity index (χ4n) is 1.23. The summed E-state index contributed by atoms with van der Waals surface area (Å²) in [4.78, 5) is 10.6. The number of nitrogens with two attached hydrogens (primary N) is 1. The monoisotopic (exact) mass is 168 g/mol. The van der Waals surface area contributed by atoms with Crippen molar-refractivity contribution in [2.24, 2.45) is 0 Å². The van der Waals surface area contributed by atoms with E-state index in [-0.39, 0.29) is 17.5 Å². The van der Waals surface area contributed by atoms with Gasteiger partial charge in [0.2, 0.25) is 5.88 Å². The molecule has 64 valence electrons. The van der Waals surface area contributed by atoms with Crippen LogP contribution in [0.25, 0.3) is 0 Å². The molecule has 12 heavy (non-hydrogen) atoms. The quantitative estimate of drug-likeness (QED) is 0.682. The number of anilines is 1. The minimum atomic E-state index is -1.07.